The van der Waals surface area contributed by atoms with E-state index in [1.807, 2.05) is 0 Å². The van der Waals surface area contributed by atoms with E-state index in [2.05, 4.69) is 15.6 Å². The second kappa shape index (κ2) is 7.16. The molecule has 8 heteroatoms. The first-order chi connectivity index (χ1) is 8.91. The van der Waals surface area contributed by atoms with Gasteiger partial charge >= 0.3 is 6.03 Å². The maximum Gasteiger partial charge on any atom is 0.316 e. The van der Waals surface area contributed by atoms with Gasteiger partial charge in [-0.05, 0) is 6.07 Å². The van der Waals surface area contributed by atoms with Gasteiger partial charge in [-0.15, -0.1) is 0 Å². The molecular formula is C11H14Cl2N4O2. The van der Waals surface area contributed by atoms with E-state index >= 15 is 0 Å². The summed E-state index contributed by atoms with van der Waals surface area (Å²) in [7, 11) is 3.27. The van der Waals surface area contributed by atoms with Crippen molar-refractivity contribution in [3.8, 4) is 0 Å². The van der Waals surface area contributed by atoms with Crippen LogP contribution in [0.15, 0.2) is 12.3 Å². The number of pyridine rings is 1. The van der Waals surface area contributed by atoms with Crippen molar-refractivity contribution in [3.63, 3.8) is 0 Å². The second-order valence-corrected chi connectivity index (χ2v) is 4.64. The first-order valence-electron chi connectivity index (χ1n) is 5.46. The topological polar surface area (TPSA) is 74.3 Å². The van der Waals surface area contributed by atoms with Gasteiger partial charge in [-0.25, -0.2) is 9.78 Å². The summed E-state index contributed by atoms with van der Waals surface area (Å²) in [6.45, 7) is 0.635. The summed E-state index contributed by atoms with van der Waals surface area (Å²) >= 11 is 11.4. The zero-order valence-corrected chi connectivity index (χ0v) is 12.0. The molecule has 0 saturated carbocycles. The number of nitrogens with zero attached hydrogens (tertiary/aromatic N) is 2. The smallest absolute Gasteiger partial charge is 0.316 e. The Morgan fingerprint density at radius 1 is 1.26 bits per heavy atom. The lowest BCUT2D eigenvalue weighted by molar-refractivity contribution is 0.0953. The van der Waals surface area contributed by atoms with E-state index in [4.69, 9.17) is 23.2 Å². The van der Waals surface area contributed by atoms with Crippen LogP contribution in [0.4, 0.5) is 4.79 Å². The molecule has 1 aromatic rings. The molecule has 0 atom stereocenters. The normalized spacial score (nSPS) is 9.89. The zero-order valence-electron chi connectivity index (χ0n) is 10.5. The van der Waals surface area contributed by atoms with Gasteiger partial charge in [0.25, 0.3) is 5.91 Å². The molecule has 0 aliphatic carbocycles. The van der Waals surface area contributed by atoms with Gasteiger partial charge in [-0.1, -0.05) is 23.2 Å². The Labute approximate surface area is 121 Å². The molecule has 0 bridgehead atoms. The summed E-state index contributed by atoms with van der Waals surface area (Å²) in [5.74, 6) is -0.329. The molecule has 0 radical (unpaired) electrons. The molecule has 1 aromatic heterocycles. The number of halogens is 2. The van der Waals surface area contributed by atoms with Crippen molar-refractivity contribution >= 4 is 35.1 Å². The quantitative estimate of drug-likeness (QED) is 0.652. The number of carbonyl (C=O) groups is 2. The van der Waals surface area contributed by atoms with Crippen LogP contribution in [-0.4, -0.2) is 49.0 Å². The molecule has 0 unspecified atom stereocenters. The Morgan fingerprint density at radius 3 is 2.47 bits per heavy atom. The molecule has 3 amide bonds. The molecule has 1 heterocycles. The Bertz CT molecular complexity index is 480. The molecule has 19 heavy (non-hydrogen) atoms. The lowest BCUT2D eigenvalue weighted by Crippen LogP contribution is -2.39. The van der Waals surface area contributed by atoms with Crippen molar-refractivity contribution in [1.29, 1.82) is 0 Å². The van der Waals surface area contributed by atoms with Crippen LogP contribution in [0, 0.1) is 0 Å². The second-order valence-electron chi connectivity index (χ2n) is 3.88. The highest BCUT2D eigenvalue weighted by Crippen LogP contribution is 2.19. The minimum Gasteiger partial charge on any atom is -0.350 e. The van der Waals surface area contributed by atoms with Gasteiger partial charge in [0.1, 0.15) is 5.15 Å². The maximum absolute atomic E-state index is 11.7. The summed E-state index contributed by atoms with van der Waals surface area (Å²) in [5.41, 5.74) is 0.313. The summed E-state index contributed by atoms with van der Waals surface area (Å²) in [6, 6.07) is 1.22. The highest BCUT2D eigenvalue weighted by molar-refractivity contribution is 6.41. The molecule has 2 N–H and O–H groups in total. The summed E-state index contributed by atoms with van der Waals surface area (Å²) in [4.78, 5) is 28.1. The fourth-order valence-corrected chi connectivity index (χ4v) is 1.42. The van der Waals surface area contributed by atoms with E-state index in [0.29, 0.717) is 18.7 Å². The average Bonchev–Trinajstić information content (AvgIpc) is 2.37. The third kappa shape index (κ3) is 4.92. The Hall–Kier alpha value is -1.53. The standard InChI is InChI=1S/C11H14Cl2N4O2/c1-17(2)11(19)15-4-3-14-10(18)7-5-8(12)9(13)16-6-7/h5-6H,3-4H2,1-2H3,(H,14,18)(H,15,19). The Kier molecular flexibility index (Phi) is 5.85. The van der Waals surface area contributed by atoms with Crippen LogP contribution in [0.1, 0.15) is 10.4 Å². The fraction of sp³-hybridized carbons (Fsp3) is 0.364. The van der Waals surface area contributed by atoms with Crippen LogP contribution in [-0.2, 0) is 0 Å². The van der Waals surface area contributed by atoms with Crippen molar-refractivity contribution in [2.75, 3.05) is 27.2 Å². The minimum atomic E-state index is -0.329. The van der Waals surface area contributed by atoms with Crippen LogP contribution < -0.4 is 10.6 Å². The molecule has 0 saturated heterocycles. The molecule has 0 aliphatic heterocycles. The summed E-state index contributed by atoms with van der Waals surface area (Å²) in [5, 5.41) is 5.61. The number of nitrogens with one attached hydrogen (secondary N) is 2. The molecular weight excluding hydrogens is 291 g/mol. The van der Waals surface area contributed by atoms with E-state index < -0.39 is 0 Å². The first kappa shape index (κ1) is 15.5. The number of rotatable bonds is 4. The van der Waals surface area contributed by atoms with E-state index in [0.717, 1.165) is 0 Å². The van der Waals surface area contributed by atoms with E-state index in [9.17, 15) is 9.59 Å². The molecule has 1 rings (SSSR count). The predicted octanol–water partition coefficient (Wildman–Crippen LogP) is 1.39. The van der Waals surface area contributed by atoms with Gasteiger partial charge in [0.05, 0.1) is 10.6 Å². The molecule has 104 valence electrons. The monoisotopic (exact) mass is 304 g/mol. The number of urea groups is 1. The molecule has 0 spiro atoms. The van der Waals surface area contributed by atoms with Gasteiger partial charge in [0.15, 0.2) is 0 Å². The van der Waals surface area contributed by atoms with Crippen LogP contribution >= 0.6 is 23.2 Å². The van der Waals surface area contributed by atoms with Crippen LogP contribution in [0.3, 0.4) is 0 Å². The lowest BCUT2D eigenvalue weighted by atomic mass is 10.2. The predicted molar refractivity (Wildman–Crippen MR) is 73.7 cm³/mol. The van der Waals surface area contributed by atoms with Gasteiger partial charge < -0.3 is 15.5 Å². The number of aromatic nitrogens is 1. The fourth-order valence-electron chi connectivity index (χ4n) is 1.15. The summed E-state index contributed by atoms with van der Waals surface area (Å²) < 4.78 is 0. The molecule has 6 nitrogen and oxygen atoms in total. The largest absolute Gasteiger partial charge is 0.350 e. The Morgan fingerprint density at radius 2 is 1.89 bits per heavy atom. The minimum absolute atomic E-state index is 0.150. The van der Waals surface area contributed by atoms with Crippen molar-refractivity contribution < 1.29 is 9.59 Å². The van der Waals surface area contributed by atoms with Gasteiger partial charge in [-0.2, -0.15) is 0 Å². The van der Waals surface area contributed by atoms with Crippen LogP contribution in [0.2, 0.25) is 10.2 Å². The van der Waals surface area contributed by atoms with Crippen LogP contribution in [0.25, 0.3) is 0 Å². The highest BCUT2D eigenvalue weighted by Gasteiger charge is 2.08. The van der Waals surface area contributed by atoms with Gasteiger partial charge in [0, 0.05) is 33.4 Å². The third-order valence-corrected chi connectivity index (χ3v) is 2.84. The number of hydrogen-bond acceptors (Lipinski definition) is 3. The maximum atomic E-state index is 11.7. The highest BCUT2D eigenvalue weighted by atomic mass is 35.5. The number of hydrogen-bond donors (Lipinski definition) is 2. The molecule has 0 aliphatic rings. The SMILES string of the molecule is CN(C)C(=O)NCCNC(=O)c1cnc(Cl)c(Cl)c1. The summed E-state index contributed by atoms with van der Waals surface area (Å²) in [6.07, 6.45) is 1.34. The van der Waals surface area contributed by atoms with Gasteiger partial charge in [0.2, 0.25) is 0 Å². The van der Waals surface area contributed by atoms with Crippen LogP contribution in [0.5, 0.6) is 0 Å². The van der Waals surface area contributed by atoms with Crippen molar-refractivity contribution in [1.82, 2.24) is 20.5 Å². The van der Waals surface area contributed by atoms with E-state index in [1.54, 1.807) is 14.1 Å². The zero-order chi connectivity index (χ0) is 14.4. The van der Waals surface area contributed by atoms with Crippen molar-refractivity contribution in [2.24, 2.45) is 0 Å². The average molecular weight is 305 g/mol. The van der Waals surface area contributed by atoms with E-state index in [-0.39, 0.29) is 22.1 Å². The number of amides is 3. The van der Waals surface area contributed by atoms with Crippen molar-refractivity contribution in [2.45, 2.75) is 0 Å². The lowest BCUT2D eigenvalue weighted by Gasteiger charge is -2.12. The molecule has 0 aromatic carbocycles. The first-order valence-corrected chi connectivity index (χ1v) is 6.22. The molecule has 0 fully saturated rings. The third-order valence-electron chi connectivity index (χ3n) is 2.15. The van der Waals surface area contributed by atoms with Gasteiger partial charge in [-0.3, -0.25) is 4.79 Å². The van der Waals surface area contributed by atoms with Crippen molar-refractivity contribution in [3.05, 3.63) is 28.0 Å². The Balaban J connectivity index is 2.39. The van der Waals surface area contributed by atoms with E-state index in [1.165, 1.54) is 17.2 Å². The number of carbonyl (C=O) groups excluding carboxylic acids is 2.